The lowest BCUT2D eigenvalue weighted by Crippen LogP contribution is -2.47. The topological polar surface area (TPSA) is 6.48 Å². The molecule has 3 unspecified atom stereocenters. The fraction of sp³-hybridized carbons (Fsp3) is 1.00. The lowest BCUT2D eigenvalue weighted by Gasteiger charge is -2.34. The van der Waals surface area contributed by atoms with Gasteiger partial charge in [0, 0.05) is 31.2 Å². The van der Waals surface area contributed by atoms with Gasteiger partial charge in [0.25, 0.3) is 0 Å². The van der Waals surface area contributed by atoms with Crippen molar-refractivity contribution in [2.24, 2.45) is 5.92 Å². The quantitative estimate of drug-likeness (QED) is 0.577. The van der Waals surface area contributed by atoms with Crippen LogP contribution in [0, 0.1) is 5.92 Å². The number of piperazine rings is 1. The molecule has 2 aliphatic heterocycles. The molecule has 0 aromatic rings. The van der Waals surface area contributed by atoms with Crippen LogP contribution in [-0.4, -0.2) is 48.1 Å². The molecular weight excluding hydrogens is 148 g/mol. The summed E-state index contributed by atoms with van der Waals surface area (Å²) in [6, 6.07) is 2.40. The Balaban J connectivity index is 2.11. The van der Waals surface area contributed by atoms with E-state index in [4.69, 9.17) is 0 Å². The van der Waals surface area contributed by atoms with Crippen LogP contribution in [0.1, 0.15) is 20.8 Å². The highest BCUT2D eigenvalue weighted by Crippen LogP contribution is 2.35. The van der Waals surface area contributed by atoms with Gasteiger partial charge in [0.05, 0.1) is 0 Å². The summed E-state index contributed by atoms with van der Waals surface area (Å²) in [5.74, 6) is 0.886. The minimum absolute atomic E-state index is 0.733. The molecule has 0 N–H and O–H groups in total. The Morgan fingerprint density at radius 1 is 1.17 bits per heavy atom. The lowest BCUT2D eigenvalue weighted by atomic mass is 10.0. The highest BCUT2D eigenvalue weighted by Gasteiger charge is 2.47. The van der Waals surface area contributed by atoms with E-state index in [0.717, 1.165) is 24.0 Å². The van der Waals surface area contributed by atoms with Crippen LogP contribution in [0.25, 0.3) is 0 Å². The van der Waals surface area contributed by atoms with E-state index >= 15 is 0 Å². The zero-order valence-electron chi connectivity index (χ0n) is 8.62. The first-order valence-electron chi connectivity index (χ1n) is 5.07. The van der Waals surface area contributed by atoms with Gasteiger partial charge in [0.2, 0.25) is 0 Å². The van der Waals surface area contributed by atoms with E-state index in [1.165, 1.54) is 13.1 Å². The first kappa shape index (κ1) is 8.52. The average molecular weight is 168 g/mol. The van der Waals surface area contributed by atoms with E-state index < -0.39 is 0 Å². The van der Waals surface area contributed by atoms with Gasteiger partial charge in [-0.3, -0.25) is 4.90 Å². The van der Waals surface area contributed by atoms with E-state index in [9.17, 15) is 0 Å². The van der Waals surface area contributed by atoms with Crippen molar-refractivity contribution in [2.75, 3.05) is 20.1 Å². The maximum Gasteiger partial charge on any atom is 0.0267 e. The molecule has 2 heteroatoms. The molecule has 2 aliphatic rings. The first-order chi connectivity index (χ1) is 5.61. The number of hydrogen-bond acceptors (Lipinski definition) is 2. The molecule has 0 radical (unpaired) electrons. The van der Waals surface area contributed by atoms with Gasteiger partial charge in [-0.2, -0.15) is 0 Å². The Kier molecular flexibility index (Phi) is 1.92. The second-order valence-electron chi connectivity index (χ2n) is 4.72. The molecule has 0 aromatic carbocycles. The summed E-state index contributed by atoms with van der Waals surface area (Å²) in [6.45, 7) is 9.60. The average Bonchev–Trinajstić information content (AvgIpc) is 2.42. The van der Waals surface area contributed by atoms with E-state index in [-0.39, 0.29) is 0 Å². The highest BCUT2D eigenvalue weighted by molar-refractivity contribution is 5.03. The van der Waals surface area contributed by atoms with Crippen LogP contribution in [0.15, 0.2) is 0 Å². The van der Waals surface area contributed by atoms with Gasteiger partial charge in [-0.25, -0.2) is 0 Å². The number of rotatable bonds is 1. The second kappa shape index (κ2) is 2.71. The number of likely N-dealkylation sites (tertiary alicyclic amines) is 2. The molecule has 70 valence electrons. The van der Waals surface area contributed by atoms with Gasteiger partial charge in [-0.05, 0) is 26.8 Å². The smallest absolute Gasteiger partial charge is 0.0267 e. The Morgan fingerprint density at radius 2 is 1.83 bits per heavy atom. The normalized spacial score (nSPS) is 43.2. The van der Waals surface area contributed by atoms with Crippen LogP contribution in [0.4, 0.5) is 0 Å². The van der Waals surface area contributed by atoms with Gasteiger partial charge in [0.15, 0.2) is 0 Å². The van der Waals surface area contributed by atoms with Gasteiger partial charge in [-0.1, -0.05) is 6.92 Å². The van der Waals surface area contributed by atoms with Crippen molar-refractivity contribution in [1.82, 2.24) is 9.80 Å². The summed E-state index contributed by atoms with van der Waals surface area (Å²) in [4.78, 5) is 5.18. The maximum atomic E-state index is 2.66. The van der Waals surface area contributed by atoms with Crippen molar-refractivity contribution in [3.05, 3.63) is 0 Å². The number of fused-ring (bicyclic) bond motifs is 2. The molecule has 0 amide bonds. The van der Waals surface area contributed by atoms with Crippen LogP contribution in [-0.2, 0) is 0 Å². The van der Waals surface area contributed by atoms with E-state index in [0.29, 0.717) is 0 Å². The number of likely N-dealkylation sites (N-methyl/N-ethyl adjacent to an activating group) is 1. The molecule has 2 bridgehead atoms. The molecule has 0 aromatic heterocycles. The molecule has 3 atom stereocenters. The van der Waals surface area contributed by atoms with Crippen LogP contribution in [0.2, 0.25) is 0 Å². The Morgan fingerprint density at radius 3 is 2.17 bits per heavy atom. The molecule has 2 saturated heterocycles. The zero-order chi connectivity index (χ0) is 8.88. The third kappa shape index (κ3) is 1.01. The van der Waals surface area contributed by atoms with Crippen LogP contribution < -0.4 is 0 Å². The molecule has 12 heavy (non-hydrogen) atoms. The predicted octanol–water partition coefficient (Wildman–Crippen LogP) is 1.03. The summed E-state index contributed by atoms with van der Waals surface area (Å²) in [5, 5.41) is 0. The molecule has 0 spiro atoms. The summed E-state index contributed by atoms with van der Waals surface area (Å²) in [5.41, 5.74) is 0. The highest BCUT2D eigenvalue weighted by atomic mass is 15.4. The van der Waals surface area contributed by atoms with Gasteiger partial charge in [-0.15, -0.1) is 0 Å². The van der Waals surface area contributed by atoms with Gasteiger partial charge < -0.3 is 4.90 Å². The maximum absolute atomic E-state index is 2.66. The fourth-order valence-corrected chi connectivity index (χ4v) is 2.91. The van der Waals surface area contributed by atoms with Crippen LogP contribution in [0.3, 0.4) is 0 Å². The molecule has 0 saturated carbocycles. The standard InChI is InChI=1S/C10H20N2/c1-7(2)12-6-9-8(3)10(12)5-11(9)4/h7-10H,5-6H2,1-4H3. The fourth-order valence-electron chi connectivity index (χ4n) is 2.91. The summed E-state index contributed by atoms with van der Waals surface area (Å²) >= 11 is 0. The zero-order valence-corrected chi connectivity index (χ0v) is 8.62. The number of nitrogens with zero attached hydrogens (tertiary/aromatic N) is 2. The molecule has 2 fully saturated rings. The Bertz CT molecular complexity index is 179. The molecule has 2 rings (SSSR count). The van der Waals surface area contributed by atoms with Gasteiger partial charge >= 0.3 is 0 Å². The third-order valence-corrected chi connectivity index (χ3v) is 3.74. The van der Waals surface area contributed by atoms with Crippen molar-refractivity contribution < 1.29 is 0 Å². The van der Waals surface area contributed by atoms with E-state index in [2.05, 4.69) is 37.6 Å². The second-order valence-corrected chi connectivity index (χ2v) is 4.72. The SMILES string of the molecule is CC1C2CN(C(C)C)C1CN2C. The van der Waals surface area contributed by atoms with Crippen LogP contribution >= 0.6 is 0 Å². The van der Waals surface area contributed by atoms with Crippen LogP contribution in [0.5, 0.6) is 0 Å². The molecule has 2 nitrogen and oxygen atoms in total. The van der Waals surface area contributed by atoms with Gasteiger partial charge in [0.1, 0.15) is 0 Å². The minimum Gasteiger partial charge on any atom is -0.300 e. The first-order valence-corrected chi connectivity index (χ1v) is 5.07. The minimum atomic E-state index is 0.733. The summed E-state index contributed by atoms with van der Waals surface area (Å²) in [7, 11) is 2.26. The monoisotopic (exact) mass is 168 g/mol. The molecule has 2 heterocycles. The largest absolute Gasteiger partial charge is 0.300 e. The third-order valence-electron chi connectivity index (χ3n) is 3.74. The van der Waals surface area contributed by atoms with Crippen molar-refractivity contribution in [3.63, 3.8) is 0 Å². The predicted molar refractivity (Wildman–Crippen MR) is 51.2 cm³/mol. The Hall–Kier alpha value is -0.0800. The Labute approximate surface area is 75.5 Å². The lowest BCUT2D eigenvalue weighted by molar-refractivity contribution is 0.120. The van der Waals surface area contributed by atoms with E-state index in [1.807, 2.05) is 0 Å². The van der Waals surface area contributed by atoms with Crippen molar-refractivity contribution in [2.45, 2.75) is 38.9 Å². The molecular formula is C10H20N2. The summed E-state index contributed by atoms with van der Waals surface area (Å²) < 4.78 is 0. The van der Waals surface area contributed by atoms with Crippen molar-refractivity contribution in [3.8, 4) is 0 Å². The summed E-state index contributed by atoms with van der Waals surface area (Å²) in [6.07, 6.45) is 0. The van der Waals surface area contributed by atoms with Crippen molar-refractivity contribution >= 4 is 0 Å². The van der Waals surface area contributed by atoms with Crippen molar-refractivity contribution in [1.29, 1.82) is 0 Å². The molecule has 0 aliphatic carbocycles. The number of hydrogen-bond donors (Lipinski definition) is 0. The van der Waals surface area contributed by atoms with E-state index in [1.54, 1.807) is 0 Å².